The zero-order valence-corrected chi connectivity index (χ0v) is 16.1. The summed E-state index contributed by atoms with van der Waals surface area (Å²) in [5.74, 6) is -0.607. The molecule has 1 heterocycles. The van der Waals surface area contributed by atoms with E-state index in [2.05, 4.69) is 10.2 Å². The highest BCUT2D eigenvalue weighted by molar-refractivity contribution is 6.32. The van der Waals surface area contributed by atoms with Crippen LogP contribution in [0.5, 0.6) is 0 Å². The third-order valence-electron chi connectivity index (χ3n) is 4.34. The molecule has 1 amide bonds. The molecule has 1 N–H and O–H groups in total. The third kappa shape index (κ3) is 5.10. The molecule has 0 spiro atoms. The Bertz CT molecular complexity index is 993. The molecule has 1 fully saturated rings. The molecule has 0 saturated carbocycles. The van der Waals surface area contributed by atoms with E-state index in [0.717, 1.165) is 18.8 Å². The largest absolute Gasteiger partial charge is 0.378 e. The van der Waals surface area contributed by atoms with E-state index < -0.39 is 10.8 Å². The highest BCUT2D eigenvalue weighted by atomic mass is 35.5. The van der Waals surface area contributed by atoms with E-state index >= 15 is 0 Å². The molecule has 0 radical (unpaired) electrons. The molecule has 1 saturated heterocycles. The van der Waals surface area contributed by atoms with E-state index in [1.54, 1.807) is 12.1 Å². The van der Waals surface area contributed by atoms with Crippen molar-refractivity contribution in [2.24, 2.45) is 0 Å². The number of rotatable bonds is 5. The first-order chi connectivity index (χ1) is 14.0. The molecule has 29 heavy (non-hydrogen) atoms. The van der Waals surface area contributed by atoms with Crippen molar-refractivity contribution in [1.82, 2.24) is 0 Å². The third-order valence-corrected chi connectivity index (χ3v) is 4.66. The number of halogens is 1. The maximum Gasteiger partial charge on any atom is 0.288 e. The van der Waals surface area contributed by atoms with Gasteiger partial charge in [-0.25, -0.2) is 0 Å². The number of carbonyl (C=O) groups is 1. The van der Waals surface area contributed by atoms with Crippen LogP contribution in [0.3, 0.4) is 0 Å². The fourth-order valence-electron chi connectivity index (χ4n) is 2.85. The van der Waals surface area contributed by atoms with Crippen LogP contribution in [-0.2, 0) is 9.53 Å². The minimum Gasteiger partial charge on any atom is -0.378 e. The molecule has 2 aromatic rings. The molecule has 0 aliphatic carbocycles. The summed E-state index contributed by atoms with van der Waals surface area (Å²) in [6, 6.07) is 13.2. The smallest absolute Gasteiger partial charge is 0.288 e. The number of anilines is 2. The molecule has 0 atom stereocenters. The quantitative estimate of drug-likeness (QED) is 0.347. The second-order valence-corrected chi connectivity index (χ2v) is 6.65. The normalized spacial score (nSPS) is 14.2. The van der Waals surface area contributed by atoms with Gasteiger partial charge in [0, 0.05) is 30.5 Å². The monoisotopic (exact) mass is 412 g/mol. The molecule has 1 aliphatic rings. The zero-order chi connectivity index (χ0) is 20.8. The number of hydrogen-bond donors (Lipinski definition) is 1. The number of morpholine rings is 1. The summed E-state index contributed by atoms with van der Waals surface area (Å²) < 4.78 is 5.33. The Balaban J connectivity index is 1.73. The van der Waals surface area contributed by atoms with Gasteiger partial charge in [-0.1, -0.05) is 17.7 Å². The van der Waals surface area contributed by atoms with E-state index in [-0.39, 0.29) is 16.3 Å². The number of nitrogens with zero attached hydrogens (tertiary/aromatic N) is 3. The highest BCUT2D eigenvalue weighted by Crippen LogP contribution is 2.26. The fourth-order valence-corrected chi connectivity index (χ4v) is 3.04. The lowest BCUT2D eigenvalue weighted by Crippen LogP contribution is -2.36. The SMILES string of the molecule is N#CC(=Cc1ccc(Cl)c([N+](=O)[O-])c1)C(=O)Nc1ccc(N2CCOCC2)cc1. The van der Waals surface area contributed by atoms with Crippen molar-refractivity contribution >= 4 is 40.6 Å². The van der Waals surface area contributed by atoms with Gasteiger partial charge in [-0.15, -0.1) is 0 Å². The van der Waals surface area contributed by atoms with Crippen LogP contribution in [0.2, 0.25) is 5.02 Å². The van der Waals surface area contributed by atoms with Crippen molar-refractivity contribution in [1.29, 1.82) is 5.26 Å². The molecular weight excluding hydrogens is 396 g/mol. The maximum atomic E-state index is 12.4. The predicted molar refractivity (Wildman–Crippen MR) is 110 cm³/mol. The van der Waals surface area contributed by atoms with Gasteiger partial charge in [0.25, 0.3) is 11.6 Å². The highest BCUT2D eigenvalue weighted by Gasteiger charge is 2.15. The van der Waals surface area contributed by atoms with E-state index in [1.807, 2.05) is 18.2 Å². The molecule has 9 heteroatoms. The Morgan fingerprint density at radius 3 is 2.55 bits per heavy atom. The summed E-state index contributed by atoms with van der Waals surface area (Å²) in [5, 5.41) is 23.0. The van der Waals surface area contributed by atoms with E-state index in [1.165, 1.54) is 24.3 Å². The van der Waals surface area contributed by atoms with Crippen LogP contribution < -0.4 is 10.2 Å². The summed E-state index contributed by atoms with van der Waals surface area (Å²) in [4.78, 5) is 25.0. The number of nitriles is 1. The van der Waals surface area contributed by atoms with Gasteiger partial charge < -0.3 is 15.0 Å². The summed E-state index contributed by atoms with van der Waals surface area (Å²) in [7, 11) is 0. The maximum absolute atomic E-state index is 12.4. The van der Waals surface area contributed by atoms with Crippen LogP contribution in [0, 0.1) is 21.4 Å². The average Bonchev–Trinajstić information content (AvgIpc) is 2.74. The summed E-state index contributed by atoms with van der Waals surface area (Å²) in [5.41, 5.74) is 1.41. The van der Waals surface area contributed by atoms with Crippen LogP contribution >= 0.6 is 11.6 Å². The zero-order valence-electron chi connectivity index (χ0n) is 15.3. The molecule has 0 aromatic heterocycles. The standard InChI is InChI=1S/C20H17ClN4O4/c21-18-6-1-14(12-19(18)25(27)28)11-15(13-22)20(26)23-16-2-4-17(5-3-16)24-7-9-29-10-8-24/h1-6,11-12H,7-10H2,(H,23,26). The lowest BCUT2D eigenvalue weighted by Gasteiger charge is -2.28. The van der Waals surface area contributed by atoms with Gasteiger partial charge >= 0.3 is 0 Å². The number of hydrogen-bond acceptors (Lipinski definition) is 6. The number of nitrogens with one attached hydrogen (secondary N) is 1. The predicted octanol–water partition coefficient (Wildman–Crippen LogP) is 3.63. The van der Waals surface area contributed by atoms with E-state index in [0.29, 0.717) is 24.5 Å². The van der Waals surface area contributed by atoms with Gasteiger partial charge in [-0.05, 0) is 42.0 Å². The Kier molecular flexibility index (Phi) is 6.44. The summed E-state index contributed by atoms with van der Waals surface area (Å²) in [6.45, 7) is 2.97. The van der Waals surface area contributed by atoms with Crippen molar-refractivity contribution in [2.75, 3.05) is 36.5 Å². The molecule has 1 aliphatic heterocycles. The Morgan fingerprint density at radius 2 is 1.93 bits per heavy atom. The second kappa shape index (κ2) is 9.19. The fraction of sp³-hybridized carbons (Fsp3) is 0.200. The van der Waals surface area contributed by atoms with Crippen molar-refractivity contribution < 1.29 is 14.5 Å². The Labute approximate surface area is 172 Å². The first-order valence-corrected chi connectivity index (χ1v) is 9.15. The lowest BCUT2D eigenvalue weighted by atomic mass is 10.1. The van der Waals surface area contributed by atoms with Gasteiger partial charge in [-0.2, -0.15) is 5.26 Å². The summed E-state index contributed by atoms with van der Waals surface area (Å²) >= 11 is 5.78. The minimum atomic E-state index is -0.623. The number of benzene rings is 2. The van der Waals surface area contributed by atoms with Crippen molar-refractivity contribution in [3.05, 3.63) is 68.7 Å². The van der Waals surface area contributed by atoms with Crippen LogP contribution in [0.25, 0.3) is 6.08 Å². The Morgan fingerprint density at radius 1 is 1.24 bits per heavy atom. The second-order valence-electron chi connectivity index (χ2n) is 6.24. The molecule has 8 nitrogen and oxygen atoms in total. The van der Waals surface area contributed by atoms with Crippen LogP contribution in [-0.4, -0.2) is 37.1 Å². The van der Waals surface area contributed by atoms with E-state index in [4.69, 9.17) is 16.3 Å². The number of carbonyl (C=O) groups excluding carboxylic acids is 1. The van der Waals surface area contributed by atoms with E-state index in [9.17, 15) is 20.2 Å². The number of ether oxygens (including phenoxy) is 1. The topological polar surface area (TPSA) is 108 Å². The van der Waals surface area contributed by atoms with Gasteiger partial charge in [0.15, 0.2) is 0 Å². The van der Waals surface area contributed by atoms with Crippen LogP contribution in [0.1, 0.15) is 5.56 Å². The number of nitro groups is 1. The molecule has 2 aromatic carbocycles. The Hall–Kier alpha value is -3.41. The van der Waals surface area contributed by atoms with Crippen LogP contribution in [0.4, 0.5) is 17.1 Å². The molecule has 0 unspecified atom stereocenters. The first-order valence-electron chi connectivity index (χ1n) is 8.78. The summed E-state index contributed by atoms with van der Waals surface area (Å²) in [6.07, 6.45) is 1.28. The van der Waals surface area contributed by atoms with Gasteiger partial charge in [0.1, 0.15) is 16.7 Å². The molecular formula is C20H17ClN4O4. The number of amides is 1. The van der Waals surface area contributed by atoms with Gasteiger partial charge in [0.2, 0.25) is 0 Å². The van der Waals surface area contributed by atoms with Gasteiger partial charge in [0.05, 0.1) is 18.1 Å². The average molecular weight is 413 g/mol. The minimum absolute atomic E-state index is 0.0181. The number of nitro benzene ring substituents is 1. The molecule has 148 valence electrons. The van der Waals surface area contributed by atoms with Gasteiger partial charge in [-0.3, -0.25) is 14.9 Å². The van der Waals surface area contributed by atoms with Crippen molar-refractivity contribution in [3.8, 4) is 6.07 Å². The first kappa shape index (κ1) is 20.3. The van der Waals surface area contributed by atoms with Crippen molar-refractivity contribution in [2.45, 2.75) is 0 Å². The molecule has 3 rings (SSSR count). The van der Waals surface area contributed by atoms with Crippen LogP contribution in [0.15, 0.2) is 48.0 Å². The van der Waals surface area contributed by atoms with Crippen molar-refractivity contribution in [3.63, 3.8) is 0 Å². The molecule has 0 bridgehead atoms. The lowest BCUT2D eigenvalue weighted by molar-refractivity contribution is -0.384.